The average Bonchev–Trinajstić information content (AvgIpc) is 2.57. The number of anilines is 1. The van der Waals surface area contributed by atoms with E-state index in [9.17, 15) is 4.79 Å². The number of hydrogen-bond acceptors (Lipinski definition) is 4. The minimum Gasteiger partial charge on any atom is -0.469 e. The number of H-pyrrole nitrogens is 1. The topological polar surface area (TPSA) is 81.0 Å². The predicted molar refractivity (Wildman–Crippen MR) is 56.2 cm³/mol. The first kappa shape index (κ1) is 9.51. The van der Waals surface area contributed by atoms with Gasteiger partial charge in [0, 0.05) is 0 Å². The molecule has 2 rings (SSSR count). The highest BCUT2D eigenvalue weighted by atomic mass is 16.5. The molecular formula is C10H11N3O2. The number of nitrogen functional groups attached to an aromatic ring is 1. The molecule has 0 spiro atoms. The summed E-state index contributed by atoms with van der Waals surface area (Å²) < 4.78 is 4.58. The van der Waals surface area contributed by atoms with Crippen LogP contribution in [-0.2, 0) is 16.0 Å². The molecule has 0 atom stereocenters. The molecule has 0 saturated carbocycles. The lowest BCUT2D eigenvalue weighted by molar-refractivity contribution is -0.139. The number of carbonyl (C=O) groups is 1. The number of carbonyl (C=O) groups excluding carboxylic acids is 1. The smallest absolute Gasteiger partial charge is 0.309 e. The zero-order valence-electron chi connectivity index (χ0n) is 8.28. The van der Waals surface area contributed by atoms with Gasteiger partial charge in [-0.3, -0.25) is 4.79 Å². The van der Waals surface area contributed by atoms with Crippen molar-refractivity contribution in [1.29, 1.82) is 0 Å². The second-order valence-corrected chi connectivity index (χ2v) is 3.23. The average molecular weight is 205 g/mol. The monoisotopic (exact) mass is 205 g/mol. The molecule has 0 amide bonds. The van der Waals surface area contributed by atoms with Crippen molar-refractivity contribution in [2.45, 2.75) is 6.42 Å². The first-order valence-corrected chi connectivity index (χ1v) is 4.50. The van der Waals surface area contributed by atoms with Crippen LogP contribution in [0.25, 0.3) is 11.0 Å². The van der Waals surface area contributed by atoms with Crippen LogP contribution in [0.3, 0.4) is 0 Å². The van der Waals surface area contributed by atoms with Gasteiger partial charge in [-0.1, -0.05) is 6.07 Å². The summed E-state index contributed by atoms with van der Waals surface area (Å²) in [5.74, 6) is 0.113. The third-order valence-electron chi connectivity index (χ3n) is 2.14. The minimum absolute atomic E-state index is 0.255. The molecule has 0 saturated heterocycles. The molecule has 15 heavy (non-hydrogen) atoms. The van der Waals surface area contributed by atoms with Gasteiger partial charge < -0.3 is 15.5 Å². The molecular weight excluding hydrogens is 194 g/mol. The number of imidazole rings is 1. The molecule has 3 N–H and O–H groups in total. The van der Waals surface area contributed by atoms with Gasteiger partial charge in [0.1, 0.15) is 0 Å². The first-order chi connectivity index (χ1) is 7.19. The fourth-order valence-corrected chi connectivity index (χ4v) is 1.43. The Kier molecular flexibility index (Phi) is 2.29. The summed E-state index contributed by atoms with van der Waals surface area (Å²) in [6, 6.07) is 5.50. The molecule has 1 aromatic heterocycles. The fraction of sp³-hybridized carbons (Fsp3) is 0.200. The Hall–Kier alpha value is -2.04. The highest BCUT2D eigenvalue weighted by Gasteiger charge is 2.05. The fourth-order valence-electron chi connectivity index (χ4n) is 1.43. The second kappa shape index (κ2) is 3.61. The van der Waals surface area contributed by atoms with Gasteiger partial charge in [0.2, 0.25) is 0 Å². The van der Waals surface area contributed by atoms with Crippen LogP contribution >= 0.6 is 0 Å². The number of benzene rings is 1. The third-order valence-corrected chi connectivity index (χ3v) is 2.14. The van der Waals surface area contributed by atoms with Crippen LogP contribution < -0.4 is 5.73 Å². The minimum atomic E-state index is -0.262. The van der Waals surface area contributed by atoms with E-state index in [4.69, 9.17) is 5.73 Å². The summed E-state index contributed by atoms with van der Waals surface area (Å²) in [4.78, 5) is 18.0. The van der Waals surface area contributed by atoms with Crippen molar-refractivity contribution >= 4 is 23.0 Å². The van der Waals surface area contributed by atoms with E-state index in [2.05, 4.69) is 14.7 Å². The van der Waals surface area contributed by atoms with Crippen molar-refractivity contribution in [2.75, 3.05) is 12.8 Å². The summed E-state index contributed by atoms with van der Waals surface area (Å²) in [7, 11) is 1.37. The van der Waals surface area contributed by atoms with Crippen LogP contribution in [0, 0.1) is 0 Å². The summed E-state index contributed by atoms with van der Waals surface area (Å²) in [6.45, 7) is 0. The normalized spacial score (nSPS) is 10.5. The molecule has 0 aliphatic rings. The van der Waals surface area contributed by atoms with Crippen LogP contribution in [-0.4, -0.2) is 23.0 Å². The lowest BCUT2D eigenvalue weighted by Crippen LogP contribution is -2.04. The van der Waals surface area contributed by atoms with Crippen LogP contribution in [0.15, 0.2) is 18.2 Å². The maximum absolute atomic E-state index is 11.0. The molecule has 0 radical (unpaired) electrons. The molecule has 5 heteroatoms. The molecule has 2 aromatic rings. The van der Waals surface area contributed by atoms with Gasteiger partial charge in [0.05, 0.1) is 24.6 Å². The number of aromatic amines is 1. The van der Waals surface area contributed by atoms with Gasteiger partial charge in [-0.05, 0) is 17.7 Å². The van der Waals surface area contributed by atoms with Crippen LogP contribution in [0.5, 0.6) is 0 Å². The number of nitrogens with two attached hydrogens (primary N) is 1. The van der Waals surface area contributed by atoms with Gasteiger partial charge in [0.15, 0.2) is 5.95 Å². The summed E-state index contributed by atoms with van der Waals surface area (Å²) in [5, 5.41) is 0. The van der Waals surface area contributed by atoms with Crippen molar-refractivity contribution in [1.82, 2.24) is 9.97 Å². The molecule has 0 fully saturated rings. The van der Waals surface area contributed by atoms with E-state index in [1.807, 2.05) is 18.2 Å². The van der Waals surface area contributed by atoms with Gasteiger partial charge in [0.25, 0.3) is 0 Å². The van der Waals surface area contributed by atoms with Crippen LogP contribution in [0.2, 0.25) is 0 Å². The number of ether oxygens (including phenoxy) is 1. The Morgan fingerprint density at radius 3 is 3.13 bits per heavy atom. The lowest BCUT2D eigenvalue weighted by Gasteiger charge is -1.99. The molecule has 78 valence electrons. The number of fused-ring (bicyclic) bond motifs is 1. The number of methoxy groups -OCH3 is 1. The molecule has 0 aliphatic carbocycles. The van der Waals surface area contributed by atoms with Crippen LogP contribution in [0.1, 0.15) is 5.56 Å². The van der Waals surface area contributed by atoms with Gasteiger partial charge in [-0.15, -0.1) is 0 Å². The van der Waals surface area contributed by atoms with Gasteiger partial charge >= 0.3 is 5.97 Å². The molecule has 5 nitrogen and oxygen atoms in total. The predicted octanol–water partition coefficient (Wildman–Crippen LogP) is 0.861. The van der Waals surface area contributed by atoms with E-state index in [0.717, 1.165) is 16.6 Å². The van der Waals surface area contributed by atoms with Crippen molar-refractivity contribution in [3.05, 3.63) is 23.8 Å². The van der Waals surface area contributed by atoms with E-state index in [0.29, 0.717) is 5.95 Å². The van der Waals surface area contributed by atoms with Crippen molar-refractivity contribution in [2.24, 2.45) is 0 Å². The number of aromatic nitrogens is 2. The SMILES string of the molecule is COC(=O)Cc1ccc2nc(N)[nH]c2c1. The maximum atomic E-state index is 11.0. The van der Waals surface area contributed by atoms with Crippen molar-refractivity contribution < 1.29 is 9.53 Å². The van der Waals surface area contributed by atoms with Gasteiger partial charge in [-0.25, -0.2) is 4.98 Å². The van der Waals surface area contributed by atoms with E-state index < -0.39 is 0 Å². The lowest BCUT2D eigenvalue weighted by atomic mass is 10.1. The van der Waals surface area contributed by atoms with E-state index in [1.165, 1.54) is 7.11 Å². The number of hydrogen-bond donors (Lipinski definition) is 2. The molecule has 0 aliphatic heterocycles. The third kappa shape index (κ3) is 1.90. The second-order valence-electron chi connectivity index (χ2n) is 3.23. The van der Waals surface area contributed by atoms with E-state index >= 15 is 0 Å². The highest BCUT2D eigenvalue weighted by Crippen LogP contribution is 2.15. The Morgan fingerprint density at radius 2 is 2.40 bits per heavy atom. The van der Waals surface area contributed by atoms with Crippen LogP contribution in [0.4, 0.5) is 5.95 Å². The highest BCUT2D eigenvalue weighted by molar-refractivity contribution is 5.80. The van der Waals surface area contributed by atoms with Crippen molar-refractivity contribution in [3.8, 4) is 0 Å². The zero-order valence-corrected chi connectivity index (χ0v) is 8.28. The van der Waals surface area contributed by atoms with E-state index in [1.54, 1.807) is 0 Å². The number of nitrogens with one attached hydrogen (secondary N) is 1. The molecule has 1 aromatic carbocycles. The maximum Gasteiger partial charge on any atom is 0.309 e. The zero-order chi connectivity index (χ0) is 10.8. The quantitative estimate of drug-likeness (QED) is 0.712. The number of nitrogens with zero attached hydrogens (tertiary/aromatic N) is 1. The Morgan fingerprint density at radius 1 is 1.60 bits per heavy atom. The molecule has 0 bridgehead atoms. The number of rotatable bonds is 2. The first-order valence-electron chi connectivity index (χ1n) is 4.50. The summed E-state index contributed by atoms with van der Waals surface area (Å²) in [6.07, 6.45) is 0.255. The Labute approximate surface area is 86.3 Å². The Balaban J connectivity index is 2.33. The molecule has 0 unspecified atom stereocenters. The van der Waals surface area contributed by atoms with Gasteiger partial charge in [-0.2, -0.15) is 0 Å². The standard InChI is InChI=1S/C10H11N3O2/c1-15-9(14)5-6-2-3-7-8(4-6)13-10(11)12-7/h2-4H,5H2,1H3,(H3,11,12,13). The largest absolute Gasteiger partial charge is 0.469 e. The molecule has 1 heterocycles. The number of esters is 1. The van der Waals surface area contributed by atoms with E-state index in [-0.39, 0.29) is 12.4 Å². The summed E-state index contributed by atoms with van der Waals surface area (Å²) in [5.41, 5.74) is 8.00. The Bertz CT molecular complexity index is 504. The van der Waals surface area contributed by atoms with Crippen molar-refractivity contribution in [3.63, 3.8) is 0 Å². The summed E-state index contributed by atoms with van der Waals surface area (Å²) >= 11 is 0.